The highest BCUT2D eigenvalue weighted by atomic mass is 32.2. The topological polar surface area (TPSA) is 92.7 Å². The highest BCUT2D eigenvalue weighted by Gasteiger charge is 2.46. The van der Waals surface area contributed by atoms with Gasteiger partial charge in [0.1, 0.15) is 6.61 Å². The van der Waals surface area contributed by atoms with Crippen LogP contribution in [0.25, 0.3) is 0 Å². The van der Waals surface area contributed by atoms with Gasteiger partial charge in [-0.25, -0.2) is 13.2 Å². The van der Waals surface area contributed by atoms with Crippen LogP contribution >= 0.6 is 0 Å². The summed E-state index contributed by atoms with van der Waals surface area (Å²) in [5.41, 5.74) is -4.80. The van der Waals surface area contributed by atoms with Gasteiger partial charge in [-0.05, 0) is 49.9 Å². The number of halogens is 3. The van der Waals surface area contributed by atoms with E-state index in [1.807, 2.05) is 0 Å². The first-order valence-electron chi connectivity index (χ1n) is 7.61. The van der Waals surface area contributed by atoms with E-state index in [2.05, 4.69) is 5.32 Å². The highest BCUT2D eigenvalue weighted by molar-refractivity contribution is 7.92. The van der Waals surface area contributed by atoms with Gasteiger partial charge in [-0.1, -0.05) is 0 Å². The number of carbonyl (C=O) groups is 1. The molecule has 0 unspecified atom stereocenters. The van der Waals surface area contributed by atoms with Crippen LogP contribution in [0.2, 0.25) is 0 Å². The molecular weight excluding hydrogens is 363 g/mol. The quantitative estimate of drug-likeness (QED) is 0.787. The number of hydrogen-bond acceptors (Lipinski definition) is 5. The van der Waals surface area contributed by atoms with E-state index in [-0.39, 0.29) is 18.8 Å². The van der Waals surface area contributed by atoms with Crippen molar-refractivity contribution in [2.45, 2.75) is 48.2 Å². The lowest BCUT2D eigenvalue weighted by molar-refractivity contribution is -0.145. The summed E-state index contributed by atoms with van der Waals surface area (Å²) in [7, 11) is -5.34. The van der Waals surface area contributed by atoms with E-state index < -0.39 is 26.2 Å². The fourth-order valence-corrected chi connectivity index (χ4v) is 3.42. The van der Waals surface area contributed by atoms with E-state index in [1.165, 1.54) is 12.1 Å². The molecule has 1 aliphatic carbocycles. The molecule has 0 saturated heterocycles. The molecule has 1 aromatic carbocycles. The summed E-state index contributed by atoms with van der Waals surface area (Å²) in [6, 6.07) is 4.51. The summed E-state index contributed by atoms with van der Waals surface area (Å²) in [4.78, 5) is 9.66. The summed E-state index contributed by atoms with van der Waals surface area (Å²) in [5, 5.41) is 11.7. The Morgan fingerprint density at radius 3 is 2.20 bits per heavy atom. The SMILES string of the molecule is O=C(O)CO[C@H]1CC[C@H](Nc2ccc(S(=O)(=O)C(F)(F)F)cc2)CC1. The monoisotopic (exact) mass is 381 g/mol. The lowest BCUT2D eigenvalue weighted by Crippen LogP contribution is -2.30. The Labute approximate surface area is 142 Å². The molecule has 1 aliphatic rings. The standard InChI is InChI=1S/C15H18F3NO5S/c16-15(17,18)25(22,23)13-7-3-11(4-8-13)19-10-1-5-12(6-2-10)24-9-14(20)21/h3-4,7-8,10,12,19H,1-2,5-6,9H2,(H,20,21)/t10-,12-. The van der Waals surface area contributed by atoms with Crippen molar-refractivity contribution in [3.05, 3.63) is 24.3 Å². The zero-order chi connectivity index (χ0) is 18.7. The Balaban J connectivity index is 1.90. The van der Waals surface area contributed by atoms with Gasteiger partial charge in [-0.3, -0.25) is 0 Å². The van der Waals surface area contributed by atoms with Gasteiger partial charge >= 0.3 is 11.5 Å². The molecule has 0 radical (unpaired) electrons. The summed E-state index contributed by atoms with van der Waals surface area (Å²) in [6.07, 6.45) is 2.66. The van der Waals surface area contributed by atoms with Gasteiger partial charge in [-0.15, -0.1) is 0 Å². The molecule has 10 heteroatoms. The molecule has 1 aromatic rings. The lowest BCUT2D eigenvalue weighted by atomic mass is 9.93. The number of benzene rings is 1. The zero-order valence-corrected chi connectivity index (χ0v) is 13.9. The fraction of sp³-hybridized carbons (Fsp3) is 0.533. The molecule has 0 amide bonds. The molecule has 0 heterocycles. The van der Waals surface area contributed by atoms with E-state index in [1.54, 1.807) is 0 Å². The smallest absolute Gasteiger partial charge is 0.480 e. The number of alkyl halides is 3. The summed E-state index contributed by atoms with van der Waals surface area (Å²) in [5.74, 6) is -1.02. The minimum atomic E-state index is -5.34. The molecule has 6 nitrogen and oxygen atoms in total. The van der Waals surface area contributed by atoms with Crippen LogP contribution in [-0.2, 0) is 19.4 Å². The van der Waals surface area contributed by atoms with E-state index >= 15 is 0 Å². The van der Waals surface area contributed by atoms with Crippen LogP contribution in [-0.4, -0.2) is 43.8 Å². The van der Waals surface area contributed by atoms with Crippen LogP contribution in [0.3, 0.4) is 0 Å². The number of hydrogen-bond donors (Lipinski definition) is 2. The van der Waals surface area contributed by atoms with Crippen molar-refractivity contribution in [2.75, 3.05) is 11.9 Å². The minimum Gasteiger partial charge on any atom is -0.480 e. The first kappa shape index (κ1) is 19.5. The summed E-state index contributed by atoms with van der Waals surface area (Å²) in [6.45, 7) is -0.335. The van der Waals surface area contributed by atoms with Gasteiger partial charge < -0.3 is 15.2 Å². The predicted octanol–water partition coefficient (Wildman–Crippen LogP) is 2.80. The van der Waals surface area contributed by atoms with E-state index in [0.29, 0.717) is 31.4 Å². The first-order valence-corrected chi connectivity index (χ1v) is 9.09. The number of aliphatic carboxylic acids is 1. The molecule has 1 saturated carbocycles. The third-order valence-electron chi connectivity index (χ3n) is 3.96. The molecule has 0 bridgehead atoms. The number of ether oxygens (including phenoxy) is 1. The number of nitrogens with one attached hydrogen (secondary N) is 1. The van der Waals surface area contributed by atoms with Crippen molar-refractivity contribution in [1.29, 1.82) is 0 Å². The van der Waals surface area contributed by atoms with Gasteiger partial charge in [0, 0.05) is 11.7 Å². The molecule has 2 rings (SSSR count). The molecule has 25 heavy (non-hydrogen) atoms. The molecule has 0 atom stereocenters. The van der Waals surface area contributed by atoms with Gasteiger partial charge in [0.05, 0.1) is 11.0 Å². The average molecular weight is 381 g/mol. The predicted molar refractivity (Wildman–Crippen MR) is 82.9 cm³/mol. The molecule has 1 fully saturated rings. The van der Waals surface area contributed by atoms with Gasteiger partial charge in [0.15, 0.2) is 0 Å². The number of anilines is 1. The van der Waals surface area contributed by atoms with E-state index in [4.69, 9.17) is 9.84 Å². The molecule has 140 valence electrons. The molecule has 0 aromatic heterocycles. The Morgan fingerprint density at radius 1 is 1.16 bits per heavy atom. The first-order chi connectivity index (χ1) is 11.6. The van der Waals surface area contributed by atoms with E-state index in [0.717, 1.165) is 12.1 Å². The maximum atomic E-state index is 12.5. The Kier molecular flexibility index (Phi) is 5.94. The number of carboxylic acids is 1. The van der Waals surface area contributed by atoms with Gasteiger partial charge in [0.25, 0.3) is 9.84 Å². The molecule has 0 spiro atoms. The second-order valence-electron chi connectivity index (χ2n) is 5.80. The van der Waals surface area contributed by atoms with Crippen molar-refractivity contribution in [3.63, 3.8) is 0 Å². The molecular formula is C15H18F3NO5S. The van der Waals surface area contributed by atoms with Crippen LogP contribution in [0, 0.1) is 0 Å². The molecule has 0 aliphatic heterocycles. The van der Waals surface area contributed by atoms with Crippen LogP contribution in [0.4, 0.5) is 18.9 Å². The van der Waals surface area contributed by atoms with Crippen molar-refractivity contribution in [3.8, 4) is 0 Å². The Hall–Kier alpha value is -1.81. The fourth-order valence-electron chi connectivity index (χ4n) is 2.66. The maximum absolute atomic E-state index is 12.5. The van der Waals surface area contributed by atoms with Crippen molar-refractivity contribution in [1.82, 2.24) is 0 Å². The third-order valence-corrected chi connectivity index (χ3v) is 5.46. The number of sulfone groups is 1. The molecule has 2 N–H and O–H groups in total. The number of rotatable bonds is 6. The van der Waals surface area contributed by atoms with Crippen LogP contribution in [0.1, 0.15) is 25.7 Å². The van der Waals surface area contributed by atoms with Crippen molar-refractivity contribution < 1.29 is 36.2 Å². The lowest BCUT2D eigenvalue weighted by Gasteiger charge is -2.29. The maximum Gasteiger partial charge on any atom is 0.501 e. The summed E-state index contributed by atoms with van der Waals surface area (Å²) < 4.78 is 65.3. The van der Waals surface area contributed by atoms with Crippen molar-refractivity contribution >= 4 is 21.5 Å². The zero-order valence-electron chi connectivity index (χ0n) is 13.1. The summed E-state index contributed by atoms with van der Waals surface area (Å²) >= 11 is 0. The third kappa shape index (κ3) is 5.08. The Morgan fingerprint density at radius 2 is 1.72 bits per heavy atom. The van der Waals surface area contributed by atoms with Crippen LogP contribution in [0.5, 0.6) is 0 Å². The Bertz CT molecular complexity index is 695. The highest BCUT2D eigenvalue weighted by Crippen LogP contribution is 2.31. The van der Waals surface area contributed by atoms with Crippen molar-refractivity contribution in [2.24, 2.45) is 0 Å². The van der Waals surface area contributed by atoms with Crippen LogP contribution in [0.15, 0.2) is 29.2 Å². The second kappa shape index (κ2) is 7.61. The van der Waals surface area contributed by atoms with Gasteiger partial charge in [-0.2, -0.15) is 13.2 Å². The largest absolute Gasteiger partial charge is 0.501 e. The normalized spacial score (nSPS) is 21.7. The number of carboxylic acid groups (broad SMARTS) is 1. The van der Waals surface area contributed by atoms with Crippen LogP contribution < -0.4 is 5.32 Å². The second-order valence-corrected chi connectivity index (χ2v) is 7.74. The van der Waals surface area contributed by atoms with E-state index in [9.17, 15) is 26.4 Å². The average Bonchev–Trinajstić information content (AvgIpc) is 2.53. The van der Waals surface area contributed by atoms with Gasteiger partial charge in [0.2, 0.25) is 0 Å². The minimum absolute atomic E-state index is 0.0646.